The van der Waals surface area contributed by atoms with Crippen LogP contribution in [0, 0.1) is 0 Å². The van der Waals surface area contributed by atoms with E-state index in [1.807, 2.05) is 6.20 Å². The van der Waals surface area contributed by atoms with Gasteiger partial charge in [-0.2, -0.15) is 0 Å². The van der Waals surface area contributed by atoms with Crippen LogP contribution in [0.25, 0.3) is 10.8 Å². The first-order valence-electron chi connectivity index (χ1n) is 5.90. The number of nitrogens with zero attached hydrogens (tertiary/aromatic N) is 1. The normalized spacial score (nSPS) is 12.0. The van der Waals surface area contributed by atoms with Gasteiger partial charge in [0.1, 0.15) is 0 Å². The van der Waals surface area contributed by atoms with E-state index in [4.69, 9.17) is 0 Å². The molecule has 0 saturated carbocycles. The van der Waals surface area contributed by atoms with Crippen molar-refractivity contribution in [3.63, 3.8) is 0 Å². The third-order valence-electron chi connectivity index (χ3n) is 2.96. The number of fused-ring (bicyclic) bond motifs is 1. The molecule has 0 saturated heterocycles. The van der Waals surface area contributed by atoms with E-state index in [0.717, 1.165) is 12.1 Å². The predicted octanol–water partition coefficient (Wildman–Crippen LogP) is 4.09. The molecule has 0 amide bonds. The van der Waals surface area contributed by atoms with Gasteiger partial charge in [-0.3, -0.25) is 4.98 Å². The first-order chi connectivity index (χ1) is 7.50. The third-order valence-corrected chi connectivity index (χ3v) is 2.96. The lowest BCUT2D eigenvalue weighted by Gasteiger charge is -2.18. The Balaban J connectivity index is 2.59. The molecule has 0 atom stereocenters. The molecule has 0 unspecified atom stereocenters. The Morgan fingerprint density at radius 2 is 1.81 bits per heavy atom. The number of pyridine rings is 1. The molecule has 0 N–H and O–H groups in total. The molecule has 1 aromatic carbocycles. The van der Waals surface area contributed by atoms with Gasteiger partial charge in [0.05, 0.1) is 0 Å². The number of aryl methyl sites for hydroxylation is 1. The van der Waals surface area contributed by atoms with Crippen molar-refractivity contribution in [2.45, 2.75) is 39.5 Å². The van der Waals surface area contributed by atoms with Gasteiger partial charge in [-0.25, -0.2) is 0 Å². The summed E-state index contributed by atoms with van der Waals surface area (Å²) in [4.78, 5) is 4.53. The van der Waals surface area contributed by atoms with Crippen LogP contribution < -0.4 is 0 Å². The highest BCUT2D eigenvalue weighted by molar-refractivity contribution is 5.82. The molecule has 2 rings (SSSR count). The minimum absolute atomic E-state index is 0.121. The van der Waals surface area contributed by atoms with Crippen LogP contribution in [0.3, 0.4) is 0 Å². The molecule has 0 aliphatic rings. The summed E-state index contributed by atoms with van der Waals surface area (Å²) in [5.74, 6) is 0. The van der Waals surface area contributed by atoms with E-state index < -0.39 is 0 Å². The fourth-order valence-electron chi connectivity index (χ4n) is 1.82. The lowest BCUT2D eigenvalue weighted by molar-refractivity contribution is 0.570. The lowest BCUT2D eigenvalue weighted by Crippen LogP contribution is -2.12. The summed E-state index contributed by atoms with van der Waals surface area (Å²) in [6, 6.07) is 8.83. The molecule has 0 spiro atoms. The Hall–Kier alpha value is -1.37. The molecule has 0 aliphatic carbocycles. The standard InChI is InChI=1S/C15H19N/c1-5-11-6-7-12-10-16-14(15(2,3)4)9-13(12)8-11/h6-10H,5H2,1-4H3. The first kappa shape index (κ1) is 11.1. The molecule has 0 radical (unpaired) electrons. The monoisotopic (exact) mass is 213 g/mol. The molecule has 1 heterocycles. The van der Waals surface area contributed by atoms with Gasteiger partial charge in [0.15, 0.2) is 0 Å². The average molecular weight is 213 g/mol. The molecule has 1 heteroatoms. The van der Waals surface area contributed by atoms with Crippen molar-refractivity contribution < 1.29 is 0 Å². The second-order valence-corrected chi connectivity index (χ2v) is 5.35. The quantitative estimate of drug-likeness (QED) is 0.695. The summed E-state index contributed by atoms with van der Waals surface area (Å²) in [6.45, 7) is 8.79. The minimum atomic E-state index is 0.121. The van der Waals surface area contributed by atoms with Crippen molar-refractivity contribution in [3.05, 3.63) is 41.7 Å². The fourth-order valence-corrected chi connectivity index (χ4v) is 1.82. The number of rotatable bonds is 1. The Labute approximate surface area is 97.5 Å². The van der Waals surface area contributed by atoms with Crippen LogP contribution in [0.5, 0.6) is 0 Å². The summed E-state index contributed by atoms with van der Waals surface area (Å²) < 4.78 is 0. The Morgan fingerprint density at radius 3 is 2.44 bits per heavy atom. The molecule has 2 aromatic rings. The molecule has 1 aromatic heterocycles. The van der Waals surface area contributed by atoms with Gasteiger partial charge in [-0.05, 0) is 23.4 Å². The van der Waals surface area contributed by atoms with Crippen LogP contribution >= 0.6 is 0 Å². The molecule has 84 valence electrons. The van der Waals surface area contributed by atoms with E-state index in [2.05, 4.69) is 56.9 Å². The Kier molecular flexibility index (Phi) is 2.71. The van der Waals surface area contributed by atoms with Gasteiger partial charge in [0.2, 0.25) is 0 Å². The van der Waals surface area contributed by atoms with Gasteiger partial charge in [-0.15, -0.1) is 0 Å². The van der Waals surface area contributed by atoms with Crippen molar-refractivity contribution in [3.8, 4) is 0 Å². The van der Waals surface area contributed by atoms with Crippen LogP contribution in [-0.2, 0) is 11.8 Å². The summed E-state index contributed by atoms with van der Waals surface area (Å²) in [5.41, 5.74) is 2.67. The summed E-state index contributed by atoms with van der Waals surface area (Å²) in [7, 11) is 0. The van der Waals surface area contributed by atoms with Crippen molar-refractivity contribution in [2.75, 3.05) is 0 Å². The maximum atomic E-state index is 4.53. The molecular weight excluding hydrogens is 194 g/mol. The zero-order valence-corrected chi connectivity index (χ0v) is 10.5. The zero-order valence-electron chi connectivity index (χ0n) is 10.5. The highest BCUT2D eigenvalue weighted by Crippen LogP contribution is 2.24. The number of hydrogen-bond acceptors (Lipinski definition) is 1. The van der Waals surface area contributed by atoms with E-state index in [-0.39, 0.29) is 5.41 Å². The number of aromatic nitrogens is 1. The molecule has 1 nitrogen and oxygen atoms in total. The maximum absolute atomic E-state index is 4.53. The van der Waals surface area contributed by atoms with Crippen LogP contribution in [0.1, 0.15) is 39.0 Å². The highest BCUT2D eigenvalue weighted by atomic mass is 14.7. The van der Waals surface area contributed by atoms with Crippen LogP contribution in [0.4, 0.5) is 0 Å². The van der Waals surface area contributed by atoms with Gasteiger partial charge in [0.25, 0.3) is 0 Å². The van der Waals surface area contributed by atoms with Gasteiger partial charge in [-0.1, -0.05) is 45.9 Å². The average Bonchev–Trinajstić information content (AvgIpc) is 2.26. The molecule has 0 fully saturated rings. The minimum Gasteiger partial charge on any atom is -0.260 e. The second kappa shape index (κ2) is 3.89. The Morgan fingerprint density at radius 1 is 1.06 bits per heavy atom. The van der Waals surface area contributed by atoms with E-state index in [1.54, 1.807) is 0 Å². The summed E-state index contributed by atoms with van der Waals surface area (Å²) in [5, 5.41) is 2.53. The smallest absolute Gasteiger partial charge is 0.0463 e. The van der Waals surface area contributed by atoms with E-state index >= 15 is 0 Å². The van der Waals surface area contributed by atoms with Crippen LogP contribution in [-0.4, -0.2) is 4.98 Å². The first-order valence-corrected chi connectivity index (χ1v) is 5.90. The van der Waals surface area contributed by atoms with Crippen LogP contribution in [0.2, 0.25) is 0 Å². The molecule has 0 aliphatic heterocycles. The lowest BCUT2D eigenvalue weighted by atomic mass is 9.90. The SMILES string of the molecule is CCc1ccc2cnc(C(C)(C)C)cc2c1. The van der Waals surface area contributed by atoms with Crippen molar-refractivity contribution in [1.29, 1.82) is 0 Å². The zero-order chi connectivity index (χ0) is 11.8. The molecule has 0 bridgehead atoms. The summed E-state index contributed by atoms with van der Waals surface area (Å²) in [6.07, 6.45) is 3.07. The fraction of sp³-hybridized carbons (Fsp3) is 0.400. The van der Waals surface area contributed by atoms with Gasteiger partial charge >= 0.3 is 0 Å². The summed E-state index contributed by atoms with van der Waals surface area (Å²) >= 11 is 0. The van der Waals surface area contributed by atoms with Gasteiger partial charge < -0.3 is 0 Å². The largest absolute Gasteiger partial charge is 0.260 e. The second-order valence-electron chi connectivity index (χ2n) is 5.35. The Bertz CT molecular complexity index is 506. The predicted molar refractivity (Wildman–Crippen MR) is 69.8 cm³/mol. The van der Waals surface area contributed by atoms with E-state index in [0.29, 0.717) is 0 Å². The van der Waals surface area contributed by atoms with E-state index in [9.17, 15) is 0 Å². The number of hydrogen-bond donors (Lipinski definition) is 0. The van der Waals surface area contributed by atoms with Gasteiger partial charge in [0, 0.05) is 22.7 Å². The number of benzene rings is 1. The van der Waals surface area contributed by atoms with Crippen LogP contribution in [0.15, 0.2) is 30.5 Å². The topological polar surface area (TPSA) is 12.9 Å². The maximum Gasteiger partial charge on any atom is 0.0463 e. The highest BCUT2D eigenvalue weighted by Gasteiger charge is 2.15. The van der Waals surface area contributed by atoms with Crippen molar-refractivity contribution >= 4 is 10.8 Å². The van der Waals surface area contributed by atoms with Crippen molar-refractivity contribution in [2.24, 2.45) is 0 Å². The van der Waals surface area contributed by atoms with Crippen molar-refractivity contribution in [1.82, 2.24) is 4.98 Å². The third kappa shape index (κ3) is 2.08. The van der Waals surface area contributed by atoms with E-state index in [1.165, 1.54) is 16.3 Å². The molecule has 16 heavy (non-hydrogen) atoms. The molecular formula is C15H19N.